The van der Waals surface area contributed by atoms with Crippen molar-refractivity contribution in [3.63, 3.8) is 0 Å². The van der Waals surface area contributed by atoms with Crippen LogP contribution in [0.1, 0.15) is 27.4 Å². The van der Waals surface area contributed by atoms with Crippen molar-refractivity contribution >= 4 is 11.9 Å². The van der Waals surface area contributed by atoms with Crippen LogP contribution in [0.3, 0.4) is 0 Å². The van der Waals surface area contributed by atoms with Crippen molar-refractivity contribution in [3.8, 4) is 0 Å². The van der Waals surface area contributed by atoms with E-state index in [0.29, 0.717) is 17.7 Å². The van der Waals surface area contributed by atoms with Crippen molar-refractivity contribution in [2.75, 3.05) is 6.54 Å². The number of esters is 1. The van der Waals surface area contributed by atoms with Gasteiger partial charge in [0.25, 0.3) is 5.91 Å². The number of benzene rings is 2. The van der Waals surface area contributed by atoms with Crippen LogP contribution < -0.4 is 5.32 Å². The summed E-state index contributed by atoms with van der Waals surface area (Å²) in [6.45, 7) is 0.463. The Morgan fingerprint density at radius 2 is 1.71 bits per heavy atom. The SMILES string of the molecule is O=C1O[C@]2(C(=O)NC[C@H]2c2ccccc2)c2ccccc21. The number of carbonyl (C=O) groups excluding carboxylic acids is 2. The van der Waals surface area contributed by atoms with Gasteiger partial charge in [0.15, 0.2) is 0 Å². The number of hydrogen-bond donors (Lipinski definition) is 1. The number of rotatable bonds is 1. The summed E-state index contributed by atoms with van der Waals surface area (Å²) in [6.07, 6.45) is 0. The molecule has 2 aromatic rings. The highest BCUT2D eigenvalue weighted by molar-refractivity contribution is 6.03. The number of amides is 1. The third kappa shape index (κ3) is 1.50. The summed E-state index contributed by atoms with van der Waals surface area (Å²) in [5.41, 5.74) is 0.907. The smallest absolute Gasteiger partial charge is 0.340 e. The molecule has 1 spiro atoms. The summed E-state index contributed by atoms with van der Waals surface area (Å²) in [4.78, 5) is 24.6. The lowest BCUT2D eigenvalue weighted by molar-refractivity contribution is -0.136. The van der Waals surface area contributed by atoms with Gasteiger partial charge >= 0.3 is 5.97 Å². The van der Waals surface area contributed by atoms with E-state index in [-0.39, 0.29) is 11.8 Å². The molecule has 4 heteroatoms. The maximum absolute atomic E-state index is 12.5. The van der Waals surface area contributed by atoms with Gasteiger partial charge in [0.05, 0.1) is 11.5 Å². The molecule has 2 aliphatic rings. The molecule has 0 radical (unpaired) electrons. The average Bonchev–Trinajstić information content (AvgIpc) is 3.01. The zero-order valence-electron chi connectivity index (χ0n) is 11.2. The first-order valence-corrected chi connectivity index (χ1v) is 6.89. The van der Waals surface area contributed by atoms with Crippen molar-refractivity contribution in [2.24, 2.45) is 0 Å². The Morgan fingerprint density at radius 3 is 2.52 bits per heavy atom. The quantitative estimate of drug-likeness (QED) is 0.812. The van der Waals surface area contributed by atoms with Gasteiger partial charge in [0.1, 0.15) is 0 Å². The van der Waals surface area contributed by atoms with Gasteiger partial charge in [-0.15, -0.1) is 0 Å². The third-order valence-electron chi connectivity index (χ3n) is 4.30. The summed E-state index contributed by atoms with van der Waals surface area (Å²) in [5.74, 6) is -0.878. The molecule has 0 aliphatic carbocycles. The lowest BCUT2D eigenvalue weighted by Gasteiger charge is -2.27. The highest BCUT2D eigenvalue weighted by atomic mass is 16.6. The zero-order chi connectivity index (χ0) is 14.4. The molecule has 2 aromatic carbocycles. The number of hydrogen-bond acceptors (Lipinski definition) is 3. The topological polar surface area (TPSA) is 55.4 Å². The van der Waals surface area contributed by atoms with Gasteiger partial charge in [-0.2, -0.15) is 0 Å². The number of ether oxygens (including phenoxy) is 1. The van der Waals surface area contributed by atoms with Crippen LogP contribution >= 0.6 is 0 Å². The highest BCUT2D eigenvalue weighted by Crippen LogP contribution is 2.49. The first-order chi connectivity index (χ1) is 10.2. The molecule has 0 aromatic heterocycles. The van der Waals surface area contributed by atoms with Gasteiger partial charge in [0, 0.05) is 12.1 Å². The predicted molar refractivity (Wildman–Crippen MR) is 75.7 cm³/mol. The summed E-state index contributed by atoms with van der Waals surface area (Å²) in [7, 11) is 0. The maximum Gasteiger partial charge on any atom is 0.340 e. The van der Waals surface area contributed by atoms with Crippen molar-refractivity contribution in [3.05, 3.63) is 71.3 Å². The van der Waals surface area contributed by atoms with Gasteiger partial charge in [-0.25, -0.2) is 4.79 Å². The van der Waals surface area contributed by atoms with E-state index in [9.17, 15) is 9.59 Å². The van der Waals surface area contributed by atoms with E-state index in [2.05, 4.69) is 5.32 Å². The number of fused-ring (bicyclic) bond motifs is 2. The number of nitrogens with one attached hydrogen (secondary N) is 1. The molecule has 0 bridgehead atoms. The molecule has 1 fully saturated rings. The Labute approximate surface area is 121 Å². The second-order valence-corrected chi connectivity index (χ2v) is 5.34. The summed E-state index contributed by atoms with van der Waals surface area (Å²) < 4.78 is 5.61. The second kappa shape index (κ2) is 4.19. The first-order valence-electron chi connectivity index (χ1n) is 6.89. The van der Waals surface area contributed by atoms with Crippen LogP contribution in [0.25, 0.3) is 0 Å². The van der Waals surface area contributed by atoms with Crippen LogP contribution in [-0.2, 0) is 15.1 Å². The Kier molecular flexibility index (Phi) is 2.42. The lowest BCUT2D eigenvalue weighted by Crippen LogP contribution is -2.39. The molecule has 4 rings (SSSR count). The van der Waals surface area contributed by atoms with Crippen LogP contribution in [0.4, 0.5) is 0 Å². The Bertz CT molecular complexity index is 741. The van der Waals surface area contributed by atoms with Gasteiger partial charge in [-0.3, -0.25) is 4.79 Å². The van der Waals surface area contributed by atoms with Crippen LogP contribution in [0.15, 0.2) is 54.6 Å². The second-order valence-electron chi connectivity index (χ2n) is 5.34. The van der Waals surface area contributed by atoms with Crippen molar-refractivity contribution in [1.82, 2.24) is 5.32 Å². The molecule has 21 heavy (non-hydrogen) atoms. The lowest BCUT2D eigenvalue weighted by atomic mass is 9.79. The minimum absolute atomic E-state index is 0.209. The largest absolute Gasteiger partial charge is 0.440 e. The summed E-state index contributed by atoms with van der Waals surface area (Å²) in [6, 6.07) is 16.8. The molecule has 2 heterocycles. The third-order valence-corrected chi connectivity index (χ3v) is 4.30. The minimum Gasteiger partial charge on any atom is -0.440 e. The van der Waals surface area contributed by atoms with Crippen molar-refractivity contribution in [2.45, 2.75) is 11.5 Å². The molecule has 2 atom stereocenters. The molecular weight excluding hydrogens is 266 g/mol. The normalized spacial score (nSPS) is 26.6. The summed E-state index contributed by atoms with van der Waals surface area (Å²) >= 11 is 0. The fraction of sp³-hybridized carbons (Fsp3) is 0.176. The average molecular weight is 279 g/mol. The molecule has 4 nitrogen and oxygen atoms in total. The van der Waals surface area contributed by atoms with E-state index >= 15 is 0 Å². The van der Waals surface area contributed by atoms with Crippen molar-refractivity contribution in [1.29, 1.82) is 0 Å². The number of carbonyl (C=O) groups is 2. The molecule has 2 aliphatic heterocycles. The van der Waals surface area contributed by atoms with E-state index in [1.807, 2.05) is 36.4 Å². The van der Waals surface area contributed by atoms with Gasteiger partial charge < -0.3 is 10.1 Å². The molecular formula is C17H13NO3. The van der Waals surface area contributed by atoms with E-state index in [0.717, 1.165) is 5.56 Å². The van der Waals surface area contributed by atoms with E-state index < -0.39 is 11.6 Å². The summed E-state index contributed by atoms with van der Waals surface area (Å²) in [5, 5.41) is 2.85. The molecule has 0 unspecified atom stereocenters. The standard InChI is InChI=1S/C17H13NO3/c19-15-12-8-4-5-9-13(12)17(21-15)14(10-18-16(17)20)11-6-2-1-3-7-11/h1-9,14H,10H2,(H,18,20)/t14-,17+/m0/s1. The molecule has 1 N–H and O–H groups in total. The van der Waals surface area contributed by atoms with Crippen LogP contribution in [0, 0.1) is 0 Å². The predicted octanol–water partition coefficient (Wildman–Crippen LogP) is 1.97. The van der Waals surface area contributed by atoms with Gasteiger partial charge in [-0.05, 0) is 11.6 Å². The van der Waals surface area contributed by atoms with E-state index in [1.165, 1.54) is 0 Å². The van der Waals surface area contributed by atoms with E-state index in [4.69, 9.17) is 4.74 Å². The molecule has 104 valence electrons. The fourth-order valence-corrected chi connectivity index (χ4v) is 3.33. The van der Waals surface area contributed by atoms with Crippen molar-refractivity contribution < 1.29 is 14.3 Å². The Morgan fingerprint density at radius 1 is 1.00 bits per heavy atom. The van der Waals surface area contributed by atoms with Gasteiger partial charge in [-0.1, -0.05) is 48.5 Å². The Balaban J connectivity index is 1.93. The molecule has 0 saturated carbocycles. The fourth-order valence-electron chi connectivity index (χ4n) is 3.33. The van der Waals surface area contributed by atoms with E-state index in [1.54, 1.807) is 18.2 Å². The Hall–Kier alpha value is -2.62. The molecule has 1 saturated heterocycles. The monoisotopic (exact) mass is 279 g/mol. The minimum atomic E-state index is -1.23. The zero-order valence-corrected chi connectivity index (χ0v) is 11.2. The maximum atomic E-state index is 12.5. The van der Waals surface area contributed by atoms with Crippen LogP contribution in [-0.4, -0.2) is 18.4 Å². The van der Waals surface area contributed by atoms with Crippen LogP contribution in [0.2, 0.25) is 0 Å². The molecule has 1 amide bonds. The first kappa shape index (κ1) is 12.1. The van der Waals surface area contributed by atoms with Crippen LogP contribution in [0.5, 0.6) is 0 Å². The van der Waals surface area contributed by atoms with Gasteiger partial charge in [0.2, 0.25) is 5.60 Å². The highest BCUT2D eigenvalue weighted by Gasteiger charge is 2.60.